The summed E-state index contributed by atoms with van der Waals surface area (Å²) in [5.41, 5.74) is 3.76. The van der Waals surface area contributed by atoms with E-state index in [0.717, 1.165) is 31.9 Å². The predicted molar refractivity (Wildman–Crippen MR) is 98.8 cm³/mol. The zero-order chi connectivity index (χ0) is 20.6. The molecule has 6 nitrogen and oxygen atoms in total. The van der Waals surface area contributed by atoms with Crippen molar-refractivity contribution in [1.82, 2.24) is 14.5 Å². The fourth-order valence-electron chi connectivity index (χ4n) is 2.71. The third-order valence-electron chi connectivity index (χ3n) is 3.98. The molecule has 0 bridgehead atoms. The number of halogens is 3. The van der Waals surface area contributed by atoms with Crippen LogP contribution >= 0.6 is 11.3 Å². The van der Waals surface area contributed by atoms with Gasteiger partial charge in [0.05, 0.1) is 30.9 Å². The van der Waals surface area contributed by atoms with Crippen molar-refractivity contribution in [2.75, 3.05) is 13.2 Å². The van der Waals surface area contributed by atoms with Gasteiger partial charge >= 0.3 is 12.1 Å². The van der Waals surface area contributed by atoms with Gasteiger partial charge in [0.25, 0.3) is 0 Å². The number of alkyl halides is 3. The molecule has 28 heavy (non-hydrogen) atoms. The predicted octanol–water partition coefficient (Wildman–Crippen LogP) is 3.69. The molecule has 0 saturated heterocycles. The fraction of sp³-hybridized carbons (Fsp3) is 0.444. The molecule has 2 aromatic heterocycles. The van der Waals surface area contributed by atoms with E-state index in [4.69, 9.17) is 14.6 Å². The van der Waals surface area contributed by atoms with Gasteiger partial charge in [0.2, 0.25) is 0 Å². The number of aliphatic carboxylic acids is 1. The third-order valence-corrected chi connectivity index (χ3v) is 4.71. The highest BCUT2D eigenvalue weighted by molar-refractivity contribution is 7.07. The number of aryl methyl sites for hydroxylation is 1. The molecule has 154 valence electrons. The molecular formula is C18H22F3N3O3S. The summed E-state index contributed by atoms with van der Waals surface area (Å²) in [7, 11) is 0. The van der Waals surface area contributed by atoms with Gasteiger partial charge in [-0.15, -0.1) is 6.58 Å². The van der Waals surface area contributed by atoms with E-state index in [-0.39, 0.29) is 0 Å². The second kappa shape index (κ2) is 10.4. The number of rotatable bonds is 6. The molecule has 3 heterocycles. The number of fused-ring (bicyclic) bond motifs is 1. The van der Waals surface area contributed by atoms with Crippen LogP contribution in [0, 0.1) is 0 Å². The summed E-state index contributed by atoms with van der Waals surface area (Å²) in [5, 5.41) is 11.5. The van der Waals surface area contributed by atoms with Crippen LogP contribution in [-0.2, 0) is 35.8 Å². The summed E-state index contributed by atoms with van der Waals surface area (Å²) < 4.78 is 39.6. The lowest BCUT2D eigenvalue weighted by Gasteiger charge is -2.19. The Morgan fingerprint density at radius 1 is 1.43 bits per heavy atom. The summed E-state index contributed by atoms with van der Waals surface area (Å²) in [4.78, 5) is 15.9. The molecule has 0 amide bonds. The Morgan fingerprint density at radius 2 is 2.18 bits per heavy atom. The summed E-state index contributed by atoms with van der Waals surface area (Å²) in [6.45, 7) is 8.96. The summed E-state index contributed by atoms with van der Waals surface area (Å²) in [6.07, 6.45) is -0.186. The molecule has 0 fully saturated rings. The molecule has 0 spiro atoms. The van der Waals surface area contributed by atoms with Gasteiger partial charge in [-0.1, -0.05) is 6.08 Å². The molecule has 0 saturated carbocycles. The molecule has 0 aliphatic carbocycles. The Kier molecular flexibility index (Phi) is 8.21. The van der Waals surface area contributed by atoms with Crippen LogP contribution in [0.4, 0.5) is 13.2 Å². The van der Waals surface area contributed by atoms with E-state index in [9.17, 15) is 13.2 Å². The Hall–Kier alpha value is -2.17. The topological polar surface area (TPSA) is 67.6 Å². The van der Waals surface area contributed by atoms with Gasteiger partial charge in [0.1, 0.15) is 0 Å². The first-order valence-corrected chi connectivity index (χ1v) is 9.50. The molecule has 0 radical (unpaired) electrons. The summed E-state index contributed by atoms with van der Waals surface area (Å²) >= 11 is 1.76. The number of ether oxygens (including phenoxy) is 1. The first kappa shape index (κ1) is 22.1. The van der Waals surface area contributed by atoms with Gasteiger partial charge in [-0.25, -0.2) is 9.78 Å². The van der Waals surface area contributed by atoms with E-state index in [0.29, 0.717) is 13.2 Å². The van der Waals surface area contributed by atoms with Crippen LogP contribution in [0.25, 0.3) is 0 Å². The van der Waals surface area contributed by atoms with Crippen molar-refractivity contribution >= 4 is 17.3 Å². The zero-order valence-electron chi connectivity index (χ0n) is 15.2. The van der Waals surface area contributed by atoms with Crippen molar-refractivity contribution in [2.45, 2.75) is 38.8 Å². The smallest absolute Gasteiger partial charge is 0.475 e. The number of nitrogens with zero attached hydrogens (tertiary/aromatic N) is 3. The van der Waals surface area contributed by atoms with Gasteiger partial charge in [-0.3, -0.25) is 4.90 Å². The minimum absolute atomic E-state index is 0.570. The quantitative estimate of drug-likeness (QED) is 0.574. The molecule has 3 rings (SSSR count). The van der Waals surface area contributed by atoms with Crippen molar-refractivity contribution in [1.29, 1.82) is 0 Å². The number of hydrogen-bond acceptors (Lipinski definition) is 5. The Bertz CT molecular complexity index is 760. The van der Waals surface area contributed by atoms with E-state index >= 15 is 0 Å². The standard InChI is InChI=1S/C16H21N3OS.C2HF3O2/c1-2-7-20-11-15-16-10-18(9-14-4-8-21-12-14)5-3-6-19(16)13-17-15;3-2(4,5)1(6)7/h2,4,8,12-13H,1,3,5-7,9-11H2;(H,6,7). The minimum Gasteiger partial charge on any atom is -0.475 e. The second-order valence-corrected chi connectivity index (χ2v) is 6.91. The van der Waals surface area contributed by atoms with Crippen molar-refractivity contribution < 1.29 is 27.8 Å². The van der Waals surface area contributed by atoms with Crippen molar-refractivity contribution in [3.63, 3.8) is 0 Å². The normalized spacial score (nSPS) is 14.5. The monoisotopic (exact) mass is 417 g/mol. The fourth-order valence-corrected chi connectivity index (χ4v) is 3.37. The van der Waals surface area contributed by atoms with Crippen LogP contribution in [-0.4, -0.2) is 44.9 Å². The van der Waals surface area contributed by atoms with Crippen molar-refractivity contribution in [3.05, 3.63) is 52.8 Å². The maximum Gasteiger partial charge on any atom is 0.490 e. The number of imidazole rings is 1. The average Bonchev–Trinajstić information content (AvgIpc) is 3.21. The number of thiophene rings is 1. The number of carboxylic acid groups (broad SMARTS) is 1. The Balaban J connectivity index is 0.000000345. The van der Waals surface area contributed by atoms with E-state index in [2.05, 4.69) is 37.9 Å². The van der Waals surface area contributed by atoms with Crippen LogP contribution in [0.2, 0.25) is 0 Å². The van der Waals surface area contributed by atoms with Crippen LogP contribution < -0.4 is 0 Å². The van der Waals surface area contributed by atoms with Crippen LogP contribution in [0.1, 0.15) is 23.4 Å². The zero-order valence-corrected chi connectivity index (χ0v) is 16.0. The number of aromatic nitrogens is 2. The first-order valence-electron chi connectivity index (χ1n) is 8.56. The molecule has 1 aliphatic rings. The van der Waals surface area contributed by atoms with E-state index in [1.165, 1.54) is 17.7 Å². The highest BCUT2D eigenvalue weighted by Crippen LogP contribution is 2.19. The lowest BCUT2D eigenvalue weighted by atomic mass is 10.2. The molecular weight excluding hydrogens is 395 g/mol. The molecule has 0 unspecified atom stereocenters. The lowest BCUT2D eigenvalue weighted by Crippen LogP contribution is -2.23. The molecule has 1 N–H and O–H groups in total. The number of carboxylic acids is 1. The molecule has 2 aromatic rings. The van der Waals surface area contributed by atoms with Crippen LogP contribution in [0.5, 0.6) is 0 Å². The lowest BCUT2D eigenvalue weighted by molar-refractivity contribution is -0.192. The van der Waals surface area contributed by atoms with Gasteiger partial charge in [0.15, 0.2) is 0 Å². The summed E-state index contributed by atoms with van der Waals surface area (Å²) in [6, 6.07) is 2.21. The maximum absolute atomic E-state index is 10.6. The SMILES string of the molecule is C=CCOCc1ncn2c1CN(Cc1ccsc1)CCC2.O=C(O)C(F)(F)F. The third kappa shape index (κ3) is 6.77. The van der Waals surface area contributed by atoms with E-state index in [1.807, 2.05) is 6.33 Å². The Labute approximate surface area is 164 Å². The van der Waals surface area contributed by atoms with E-state index in [1.54, 1.807) is 17.4 Å². The highest BCUT2D eigenvalue weighted by atomic mass is 32.1. The number of carbonyl (C=O) groups is 1. The largest absolute Gasteiger partial charge is 0.490 e. The van der Waals surface area contributed by atoms with Crippen molar-refractivity contribution in [2.24, 2.45) is 0 Å². The number of hydrogen-bond donors (Lipinski definition) is 1. The minimum atomic E-state index is -5.08. The molecule has 10 heteroatoms. The first-order chi connectivity index (χ1) is 13.3. The molecule has 0 aromatic carbocycles. The van der Waals surface area contributed by atoms with Gasteiger partial charge in [-0.05, 0) is 28.8 Å². The second-order valence-electron chi connectivity index (χ2n) is 6.13. The molecule has 1 aliphatic heterocycles. The van der Waals surface area contributed by atoms with Gasteiger partial charge in [0, 0.05) is 26.2 Å². The van der Waals surface area contributed by atoms with Crippen molar-refractivity contribution in [3.8, 4) is 0 Å². The van der Waals surface area contributed by atoms with Gasteiger partial charge < -0.3 is 14.4 Å². The van der Waals surface area contributed by atoms with Gasteiger partial charge in [-0.2, -0.15) is 24.5 Å². The van der Waals surface area contributed by atoms with Crippen LogP contribution in [0.3, 0.4) is 0 Å². The van der Waals surface area contributed by atoms with Crippen LogP contribution in [0.15, 0.2) is 35.8 Å². The summed E-state index contributed by atoms with van der Waals surface area (Å²) in [5.74, 6) is -2.76. The maximum atomic E-state index is 10.6. The Morgan fingerprint density at radius 3 is 2.79 bits per heavy atom. The molecule has 0 atom stereocenters. The average molecular weight is 417 g/mol. The highest BCUT2D eigenvalue weighted by Gasteiger charge is 2.38. The van der Waals surface area contributed by atoms with E-state index < -0.39 is 12.1 Å².